The lowest BCUT2D eigenvalue weighted by atomic mass is 10.1. The van der Waals surface area contributed by atoms with E-state index in [2.05, 4.69) is 6.08 Å². The normalized spacial score (nSPS) is 9.27. The van der Waals surface area contributed by atoms with Crippen molar-refractivity contribution in [3.63, 3.8) is 0 Å². The van der Waals surface area contributed by atoms with E-state index in [1.165, 1.54) is 5.57 Å². The Kier molecular flexibility index (Phi) is 5.53. The Morgan fingerprint density at radius 3 is 2.45 bits per heavy atom. The molecule has 2 nitrogen and oxygen atoms in total. The minimum Gasteiger partial charge on any atom is -0.550 e. The number of carboxylic acid groups (broad SMARTS) is 1. The molecule has 0 aromatic carbocycles. The lowest BCUT2D eigenvalue weighted by Crippen LogP contribution is -2.21. The minimum atomic E-state index is -0.942. The van der Waals surface area contributed by atoms with E-state index in [1.54, 1.807) is 0 Å². The standard InChI is InChI=1S/C9H16O2/c1-8(2)6-4-3-5-7-9(10)11/h6H,3-5,7H2,1-2H3,(H,10,11)/p-1. The van der Waals surface area contributed by atoms with Gasteiger partial charge in [-0.1, -0.05) is 11.6 Å². The van der Waals surface area contributed by atoms with Gasteiger partial charge in [-0.25, -0.2) is 0 Å². The van der Waals surface area contributed by atoms with Crippen LogP contribution < -0.4 is 5.11 Å². The fraction of sp³-hybridized carbons (Fsp3) is 0.667. The molecule has 64 valence electrons. The van der Waals surface area contributed by atoms with Gasteiger partial charge in [0.2, 0.25) is 0 Å². The molecule has 0 aliphatic rings. The molecule has 0 aromatic rings. The molecule has 0 spiro atoms. The number of unbranched alkanes of at least 4 members (excludes halogenated alkanes) is 2. The summed E-state index contributed by atoms with van der Waals surface area (Å²) < 4.78 is 0. The first-order valence-electron chi connectivity index (χ1n) is 3.96. The molecule has 0 aromatic heterocycles. The molecule has 0 rings (SSSR count). The summed E-state index contributed by atoms with van der Waals surface area (Å²) in [5.74, 6) is -0.942. The van der Waals surface area contributed by atoms with Crippen LogP contribution in [0.2, 0.25) is 0 Å². The Hall–Kier alpha value is -0.790. The molecule has 2 heteroatoms. The molecule has 0 saturated carbocycles. The number of aliphatic carboxylic acids is 1. The van der Waals surface area contributed by atoms with Gasteiger partial charge in [0.15, 0.2) is 0 Å². The van der Waals surface area contributed by atoms with Crippen LogP contribution in [0.15, 0.2) is 11.6 Å². The molecule has 0 amide bonds. The molecule has 0 radical (unpaired) electrons. The summed E-state index contributed by atoms with van der Waals surface area (Å²) >= 11 is 0. The molecule has 0 atom stereocenters. The largest absolute Gasteiger partial charge is 0.550 e. The first-order valence-corrected chi connectivity index (χ1v) is 3.96. The average molecular weight is 155 g/mol. The molecule has 0 aliphatic carbocycles. The molecule has 0 saturated heterocycles. The van der Waals surface area contributed by atoms with Gasteiger partial charge in [-0.2, -0.15) is 0 Å². The quantitative estimate of drug-likeness (QED) is 0.443. The van der Waals surface area contributed by atoms with E-state index in [-0.39, 0.29) is 6.42 Å². The van der Waals surface area contributed by atoms with Gasteiger partial charge in [0.05, 0.1) is 0 Å². The average Bonchev–Trinajstić information content (AvgIpc) is 1.85. The van der Waals surface area contributed by atoms with E-state index in [4.69, 9.17) is 0 Å². The molecule has 0 fully saturated rings. The van der Waals surface area contributed by atoms with Gasteiger partial charge < -0.3 is 9.90 Å². The van der Waals surface area contributed by atoms with Gasteiger partial charge in [-0.3, -0.25) is 0 Å². The Labute approximate surface area is 67.9 Å². The highest BCUT2D eigenvalue weighted by molar-refractivity contribution is 5.64. The van der Waals surface area contributed by atoms with E-state index >= 15 is 0 Å². The summed E-state index contributed by atoms with van der Waals surface area (Å²) in [5, 5.41) is 9.97. The van der Waals surface area contributed by atoms with Crippen LogP contribution in [0, 0.1) is 0 Å². The number of allylic oxidation sites excluding steroid dienone is 2. The van der Waals surface area contributed by atoms with Crippen LogP contribution in [0.25, 0.3) is 0 Å². The van der Waals surface area contributed by atoms with Crippen LogP contribution in [0.5, 0.6) is 0 Å². The van der Waals surface area contributed by atoms with Crippen LogP contribution in [0.4, 0.5) is 0 Å². The van der Waals surface area contributed by atoms with E-state index in [9.17, 15) is 9.90 Å². The molecular weight excluding hydrogens is 140 g/mol. The Bertz CT molecular complexity index is 144. The zero-order valence-corrected chi connectivity index (χ0v) is 7.22. The second-order valence-electron chi connectivity index (χ2n) is 2.90. The summed E-state index contributed by atoms with van der Waals surface area (Å²) in [6.07, 6.45) is 4.97. The topological polar surface area (TPSA) is 40.1 Å². The molecule has 11 heavy (non-hydrogen) atoms. The van der Waals surface area contributed by atoms with Gasteiger partial charge in [0, 0.05) is 5.97 Å². The third-order valence-corrected chi connectivity index (χ3v) is 1.39. The smallest absolute Gasteiger partial charge is 0.0414 e. The maximum absolute atomic E-state index is 9.97. The van der Waals surface area contributed by atoms with Crippen molar-refractivity contribution in [2.24, 2.45) is 0 Å². The highest BCUT2D eigenvalue weighted by Gasteiger charge is 1.87. The summed E-state index contributed by atoms with van der Waals surface area (Å²) in [6.45, 7) is 4.08. The summed E-state index contributed by atoms with van der Waals surface area (Å²) in [6, 6.07) is 0. The maximum Gasteiger partial charge on any atom is 0.0414 e. The predicted octanol–water partition coefficient (Wildman–Crippen LogP) is 1.26. The molecule has 0 aliphatic heterocycles. The van der Waals surface area contributed by atoms with Crippen LogP contribution in [0.3, 0.4) is 0 Å². The van der Waals surface area contributed by atoms with E-state index < -0.39 is 5.97 Å². The molecule has 0 heterocycles. The summed E-state index contributed by atoms with van der Waals surface area (Å²) in [4.78, 5) is 9.97. The van der Waals surface area contributed by atoms with E-state index in [0.717, 1.165) is 19.3 Å². The first-order chi connectivity index (χ1) is 5.13. The highest BCUT2D eigenvalue weighted by atomic mass is 16.4. The van der Waals surface area contributed by atoms with Crippen LogP contribution in [-0.4, -0.2) is 5.97 Å². The number of hydrogen-bond donors (Lipinski definition) is 0. The van der Waals surface area contributed by atoms with Crippen LogP contribution in [0.1, 0.15) is 39.5 Å². The lowest BCUT2D eigenvalue weighted by Gasteiger charge is -1.99. The predicted molar refractivity (Wildman–Crippen MR) is 42.9 cm³/mol. The van der Waals surface area contributed by atoms with Crippen molar-refractivity contribution in [1.82, 2.24) is 0 Å². The van der Waals surface area contributed by atoms with Crippen LogP contribution >= 0.6 is 0 Å². The SMILES string of the molecule is CC(C)=CCCCCC(=O)[O-]. The highest BCUT2D eigenvalue weighted by Crippen LogP contribution is 2.02. The maximum atomic E-state index is 9.97. The van der Waals surface area contributed by atoms with Crippen molar-refractivity contribution in [2.45, 2.75) is 39.5 Å². The zero-order chi connectivity index (χ0) is 8.69. The second kappa shape index (κ2) is 5.96. The first kappa shape index (κ1) is 10.2. The Morgan fingerprint density at radius 1 is 1.36 bits per heavy atom. The van der Waals surface area contributed by atoms with Crippen molar-refractivity contribution < 1.29 is 9.90 Å². The van der Waals surface area contributed by atoms with E-state index in [1.807, 2.05) is 13.8 Å². The second-order valence-corrected chi connectivity index (χ2v) is 2.90. The number of hydrogen-bond acceptors (Lipinski definition) is 2. The fourth-order valence-corrected chi connectivity index (χ4v) is 0.804. The molecule has 0 unspecified atom stereocenters. The van der Waals surface area contributed by atoms with Gasteiger partial charge >= 0.3 is 0 Å². The summed E-state index contributed by atoms with van der Waals surface area (Å²) in [7, 11) is 0. The van der Waals surface area contributed by atoms with E-state index in [0.29, 0.717) is 0 Å². The Balaban J connectivity index is 3.15. The molecule has 0 bridgehead atoms. The van der Waals surface area contributed by atoms with Gasteiger partial charge in [-0.15, -0.1) is 0 Å². The fourth-order valence-electron chi connectivity index (χ4n) is 0.804. The van der Waals surface area contributed by atoms with Gasteiger partial charge in [0.25, 0.3) is 0 Å². The minimum absolute atomic E-state index is 0.191. The molecular formula is C9H15O2-. The van der Waals surface area contributed by atoms with Crippen LogP contribution in [-0.2, 0) is 4.79 Å². The lowest BCUT2D eigenvalue weighted by molar-refractivity contribution is -0.305. The monoisotopic (exact) mass is 155 g/mol. The third kappa shape index (κ3) is 9.21. The molecule has 0 N–H and O–H groups in total. The number of carbonyl (C=O) groups is 1. The summed E-state index contributed by atoms with van der Waals surface area (Å²) in [5.41, 5.74) is 1.29. The number of carbonyl (C=O) groups excluding carboxylic acids is 1. The van der Waals surface area contributed by atoms with Crippen molar-refractivity contribution >= 4 is 5.97 Å². The van der Waals surface area contributed by atoms with Crippen molar-refractivity contribution in [1.29, 1.82) is 0 Å². The van der Waals surface area contributed by atoms with Gasteiger partial charge in [0.1, 0.15) is 0 Å². The van der Waals surface area contributed by atoms with Crippen molar-refractivity contribution in [3.05, 3.63) is 11.6 Å². The third-order valence-electron chi connectivity index (χ3n) is 1.39. The van der Waals surface area contributed by atoms with Crippen molar-refractivity contribution in [2.75, 3.05) is 0 Å². The van der Waals surface area contributed by atoms with Crippen molar-refractivity contribution in [3.8, 4) is 0 Å². The number of carboxylic acids is 1. The Morgan fingerprint density at radius 2 is 2.00 bits per heavy atom. The zero-order valence-electron chi connectivity index (χ0n) is 7.22. The van der Waals surface area contributed by atoms with Gasteiger partial charge in [-0.05, 0) is 39.5 Å². The number of rotatable bonds is 5.